The number of hydrogen-bond acceptors (Lipinski definition) is 3. The first-order valence-electron chi connectivity index (χ1n) is 6.92. The van der Waals surface area contributed by atoms with E-state index in [1.165, 1.54) is 6.92 Å². The highest BCUT2D eigenvalue weighted by atomic mass is 16.2. The van der Waals surface area contributed by atoms with Crippen LogP contribution < -0.4 is 16.4 Å². The lowest BCUT2D eigenvalue weighted by atomic mass is 10.1. The Labute approximate surface area is 124 Å². The van der Waals surface area contributed by atoms with Crippen molar-refractivity contribution >= 4 is 23.4 Å². The molecule has 4 N–H and O–H groups in total. The van der Waals surface area contributed by atoms with Crippen LogP contribution in [0.15, 0.2) is 24.3 Å². The molecule has 0 heterocycles. The zero-order valence-electron chi connectivity index (χ0n) is 12.3. The van der Waals surface area contributed by atoms with Crippen LogP contribution in [-0.4, -0.2) is 23.8 Å². The minimum Gasteiger partial charge on any atom is -0.368 e. The second-order valence-electron chi connectivity index (χ2n) is 4.83. The first-order chi connectivity index (χ1) is 9.93. The molecule has 1 aromatic rings. The summed E-state index contributed by atoms with van der Waals surface area (Å²) in [4.78, 5) is 34.5. The Kier molecular flexibility index (Phi) is 6.39. The van der Waals surface area contributed by atoms with E-state index < -0.39 is 11.9 Å². The number of primary amides is 1. The zero-order valence-corrected chi connectivity index (χ0v) is 12.3. The minimum absolute atomic E-state index is 0.217. The number of nitrogens with two attached hydrogens (primary N) is 1. The third-order valence-corrected chi connectivity index (χ3v) is 2.94. The zero-order chi connectivity index (χ0) is 15.8. The normalized spacial score (nSPS) is 11.5. The molecule has 0 radical (unpaired) electrons. The van der Waals surface area contributed by atoms with E-state index in [1.807, 2.05) is 6.92 Å². The number of rotatable bonds is 7. The standard InChI is InChI=1S/C15H21N3O3/c1-3-4-8-13(14(16)20)18-15(21)11-6-5-7-12(9-11)17-10(2)19/h5-7,9,13H,3-4,8H2,1-2H3,(H2,16,20)(H,17,19)(H,18,21)/t13-/m1/s1. The summed E-state index contributed by atoms with van der Waals surface area (Å²) in [5.74, 6) is -1.15. The summed E-state index contributed by atoms with van der Waals surface area (Å²) in [5.41, 5.74) is 6.18. The molecule has 0 saturated heterocycles. The molecule has 0 aliphatic heterocycles. The molecule has 0 saturated carbocycles. The van der Waals surface area contributed by atoms with Crippen LogP contribution in [0.25, 0.3) is 0 Å². The first-order valence-corrected chi connectivity index (χ1v) is 6.92. The Morgan fingerprint density at radius 2 is 2.00 bits per heavy atom. The van der Waals surface area contributed by atoms with Crippen LogP contribution >= 0.6 is 0 Å². The van der Waals surface area contributed by atoms with E-state index in [0.29, 0.717) is 17.7 Å². The molecule has 1 rings (SSSR count). The van der Waals surface area contributed by atoms with Crippen LogP contribution in [-0.2, 0) is 9.59 Å². The molecule has 114 valence electrons. The molecular weight excluding hydrogens is 270 g/mol. The molecule has 0 aliphatic rings. The van der Waals surface area contributed by atoms with Crippen molar-refractivity contribution < 1.29 is 14.4 Å². The van der Waals surface area contributed by atoms with Gasteiger partial charge in [0.25, 0.3) is 5.91 Å². The molecule has 0 aromatic heterocycles. The fourth-order valence-corrected chi connectivity index (χ4v) is 1.88. The van der Waals surface area contributed by atoms with Gasteiger partial charge < -0.3 is 16.4 Å². The highest BCUT2D eigenvalue weighted by Crippen LogP contribution is 2.11. The van der Waals surface area contributed by atoms with E-state index >= 15 is 0 Å². The fraction of sp³-hybridized carbons (Fsp3) is 0.400. The molecule has 6 heteroatoms. The molecule has 6 nitrogen and oxygen atoms in total. The Bertz CT molecular complexity index is 529. The summed E-state index contributed by atoms with van der Waals surface area (Å²) in [6.07, 6.45) is 2.24. The maximum atomic E-state index is 12.1. The van der Waals surface area contributed by atoms with Gasteiger partial charge in [0.2, 0.25) is 11.8 Å². The Morgan fingerprint density at radius 1 is 1.29 bits per heavy atom. The van der Waals surface area contributed by atoms with Crippen molar-refractivity contribution in [1.29, 1.82) is 0 Å². The van der Waals surface area contributed by atoms with Gasteiger partial charge in [-0.05, 0) is 24.6 Å². The van der Waals surface area contributed by atoms with E-state index in [0.717, 1.165) is 12.8 Å². The lowest BCUT2D eigenvalue weighted by Crippen LogP contribution is -2.44. The van der Waals surface area contributed by atoms with Crippen molar-refractivity contribution in [3.05, 3.63) is 29.8 Å². The van der Waals surface area contributed by atoms with E-state index in [-0.39, 0.29) is 11.8 Å². The maximum absolute atomic E-state index is 12.1. The SMILES string of the molecule is CCCC[C@@H](NC(=O)c1cccc(NC(C)=O)c1)C(N)=O. The van der Waals surface area contributed by atoms with Crippen molar-refractivity contribution in [2.45, 2.75) is 39.2 Å². The largest absolute Gasteiger partial charge is 0.368 e. The molecule has 21 heavy (non-hydrogen) atoms. The van der Waals surface area contributed by atoms with E-state index in [2.05, 4.69) is 10.6 Å². The predicted octanol–water partition coefficient (Wildman–Crippen LogP) is 1.42. The van der Waals surface area contributed by atoms with Crippen LogP contribution in [0.3, 0.4) is 0 Å². The van der Waals surface area contributed by atoms with Gasteiger partial charge in [-0.2, -0.15) is 0 Å². The fourth-order valence-electron chi connectivity index (χ4n) is 1.88. The minimum atomic E-state index is -0.679. The highest BCUT2D eigenvalue weighted by molar-refractivity contribution is 5.99. The Morgan fingerprint density at radius 3 is 2.57 bits per heavy atom. The quantitative estimate of drug-likeness (QED) is 0.708. The van der Waals surface area contributed by atoms with Gasteiger partial charge >= 0.3 is 0 Å². The number of carbonyl (C=O) groups excluding carboxylic acids is 3. The van der Waals surface area contributed by atoms with Gasteiger partial charge in [-0.1, -0.05) is 25.8 Å². The van der Waals surface area contributed by atoms with Crippen molar-refractivity contribution in [1.82, 2.24) is 5.32 Å². The lowest BCUT2D eigenvalue weighted by Gasteiger charge is -2.15. The molecule has 0 unspecified atom stereocenters. The Balaban J connectivity index is 2.77. The van der Waals surface area contributed by atoms with Gasteiger partial charge in [-0.3, -0.25) is 14.4 Å². The van der Waals surface area contributed by atoms with Crippen LogP contribution in [0, 0.1) is 0 Å². The molecule has 0 bridgehead atoms. The van der Waals surface area contributed by atoms with Crippen LogP contribution in [0.4, 0.5) is 5.69 Å². The van der Waals surface area contributed by atoms with Crippen molar-refractivity contribution in [2.24, 2.45) is 5.73 Å². The molecule has 0 fully saturated rings. The predicted molar refractivity (Wildman–Crippen MR) is 80.7 cm³/mol. The van der Waals surface area contributed by atoms with Gasteiger partial charge in [0.15, 0.2) is 0 Å². The summed E-state index contributed by atoms with van der Waals surface area (Å²) < 4.78 is 0. The topological polar surface area (TPSA) is 101 Å². The Hall–Kier alpha value is -2.37. The maximum Gasteiger partial charge on any atom is 0.252 e. The third-order valence-electron chi connectivity index (χ3n) is 2.94. The van der Waals surface area contributed by atoms with Gasteiger partial charge in [0.05, 0.1) is 0 Å². The monoisotopic (exact) mass is 291 g/mol. The molecular formula is C15H21N3O3. The van der Waals surface area contributed by atoms with Crippen molar-refractivity contribution in [2.75, 3.05) is 5.32 Å². The number of unbranched alkanes of at least 4 members (excludes halogenated alkanes) is 1. The van der Waals surface area contributed by atoms with Gasteiger partial charge in [0.1, 0.15) is 6.04 Å². The van der Waals surface area contributed by atoms with Gasteiger partial charge in [0, 0.05) is 18.2 Å². The second kappa shape index (κ2) is 8.04. The summed E-state index contributed by atoms with van der Waals surface area (Å²) >= 11 is 0. The van der Waals surface area contributed by atoms with Crippen LogP contribution in [0.1, 0.15) is 43.5 Å². The molecule has 1 atom stereocenters. The van der Waals surface area contributed by atoms with Crippen LogP contribution in [0.5, 0.6) is 0 Å². The number of carbonyl (C=O) groups is 3. The number of amides is 3. The van der Waals surface area contributed by atoms with E-state index in [1.54, 1.807) is 24.3 Å². The van der Waals surface area contributed by atoms with Gasteiger partial charge in [-0.15, -0.1) is 0 Å². The summed E-state index contributed by atoms with van der Waals surface area (Å²) in [6.45, 7) is 3.39. The second-order valence-corrected chi connectivity index (χ2v) is 4.83. The van der Waals surface area contributed by atoms with Crippen molar-refractivity contribution in [3.63, 3.8) is 0 Å². The summed E-state index contributed by atoms with van der Waals surface area (Å²) in [5, 5.41) is 5.22. The van der Waals surface area contributed by atoms with Crippen LogP contribution in [0.2, 0.25) is 0 Å². The number of hydrogen-bond donors (Lipinski definition) is 3. The van der Waals surface area contributed by atoms with Gasteiger partial charge in [-0.25, -0.2) is 0 Å². The lowest BCUT2D eigenvalue weighted by molar-refractivity contribution is -0.120. The highest BCUT2D eigenvalue weighted by Gasteiger charge is 2.18. The summed E-state index contributed by atoms with van der Waals surface area (Å²) in [6, 6.07) is 5.82. The molecule has 3 amide bonds. The smallest absolute Gasteiger partial charge is 0.252 e. The van der Waals surface area contributed by atoms with Crippen molar-refractivity contribution in [3.8, 4) is 0 Å². The average Bonchev–Trinajstić information content (AvgIpc) is 2.42. The molecule has 1 aromatic carbocycles. The van der Waals surface area contributed by atoms with E-state index in [9.17, 15) is 14.4 Å². The summed E-state index contributed by atoms with van der Waals surface area (Å²) in [7, 11) is 0. The molecule has 0 aliphatic carbocycles. The molecule has 0 spiro atoms. The number of benzene rings is 1. The number of nitrogens with one attached hydrogen (secondary N) is 2. The first kappa shape index (κ1) is 16.7. The van der Waals surface area contributed by atoms with E-state index in [4.69, 9.17) is 5.73 Å². The number of anilines is 1. The third kappa shape index (κ3) is 5.64. The average molecular weight is 291 g/mol.